The number of aromatic nitrogens is 1. The minimum absolute atomic E-state index is 0.365. The second-order valence-electron chi connectivity index (χ2n) is 6.66. The highest BCUT2D eigenvalue weighted by Gasteiger charge is 2.26. The number of para-hydroxylation sites is 1. The first-order valence-corrected chi connectivity index (χ1v) is 8.79. The third-order valence-electron chi connectivity index (χ3n) is 5.30. The van der Waals surface area contributed by atoms with E-state index in [1.807, 2.05) is 19.2 Å². The molecule has 0 saturated heterocycles. The molecule has 2 aromatic carbocycles. The van der Waals surface area contributed by atoms with E-state index in [4.69, 9.17) is 0 Å². The summed E-state index contributed by atoms with van der Waals surface area (Å²) < 4.78 is 2.32. The van der Waals surface area contributed by atoms with E-state index >= 15 is 0 Å². The van der Waals surface area contributed by atoms with Crippen LogP contribution in [0.5, 0.6) is 0 Å². The fraction of sp³-hybridized carbons (Fsp3) is 0.286. The summed E-state index contributed by atoms with van der Waals surface area (Å²) in [6.45, 7) is 0.592. The van der Waals surface area contributed by atoms with E-state index < -0.39 is 5.97 Å². The Morgan fingerprint density at radius 1 is 1.20 bits per heavy atom. The zero-order chi connectivity index (χ0) is 17.4. The van der Waals surface area contributed by atoms with Crippen molar-refractivity contribution >= 4 is 16.9 Å². The molecule has 0 bridgehead atoms. The molecule has 1 aromatic heterocycles. The van der Waals surface area contributed by atoms with Gasteiger partial charge in [-0.05, 0) is 49.6 Å². The Morgan fingerprint density at radius 2 is 1.96 bits per heavy atom. The molecule has 1 aliphatic carbocycles. The monoisotopic (exact) mass is 334 g/mol. The van der Waals surface area contributed by atoms with Crippen molar-refractivity contribution in [1.29, 1.82) is 0 Å². The maximum atomic E-state index is 11.6. The van der Waals surface area contributed by atoms with Gasteiger partial charge >= 0.3 is 5.97 Å². The highest BCUT2D eigenvalue weighted by molar-refractivity contribution is 5.90. The van der Waals surface area contributed by atoms with Crippen LogP contribution in [0.2, 0.25) is 0 Å². The number of hydrogen-bond donors (Lipinski definition) is 2. The van der Waals surface area contributed by atoms with Crippen molar-refractivity contribution in [3.05, 3.63) is 70.9 Å². The van der Waals surface area contributed by atoms with Crippen LogP contribution in [-0.2, 0) is 13.0 Å². The molecule has 1 atom stereocenters. The number of rotatable bonds is 4. The second kappa shape index (κ2) is 6.37. The lowest BCUT2D eigenvalue weighted by molar-refractivity contribution is 0.0695. The van der Waals surface area contributed by atoms with Crippen LogP contribution < -0.4 is 5.32 Å². The molecule has 4 nitrogen and oxygen atoms in total. The zero-order valence-electron chi connectivity index (χ0n) is 14.3. The fourth-order valence-corrected chi connectivity index (χ4v) is 4.17. The van der Waals surface area contributed by atoms with Gasteiger partial charge in [-0.25, -0.2) is 4.79 Å². The van der Waals surface area contributed by atoms with E-state index in [1.165, 1.54) is 22.2 Å². The van der Waals surface area contributed by atoms with Crippen LogP contribution in [0.25, 0.3) is 10.9 Å². The Labute approximate surface area is 147 Å². The van der Waals surface area contributed by atoms with Crippen LogP contribution in [0.15, 0.2) is 48.5 Å². The quantitative estimate of drug-likeness (QED) is 0.759. The topological polar surface area (TPSA) is 54.3 Å². The molecule has 25 heavy (non-hydrogen) atoms. The molecule has 1 aliphatic rings. The summed E-state index contributed by atoms with van der Waals surface area (Å²) in [7, 11) is 2.02. The Balaban J connectivity index is 1.90. The van der Waals surface area contributed by atoms with Crippen LogP contribution in [0.3, 0.4) is 0 Å². The predicted molar refractivity (Wildman–Crippen MR) is 99.2 cm³/mol. The van der Waals surface area contributed by atoms with E-state index in [2.05, 4.69) is 34.1 Å². The van der Waals surface area contributed by atoms with Crippen molar-refractivity contribution in [2.45, 2.75) is 31.8 Å². The number of carboxylic acid groups (broad SMARTS) is 1. The first kappa shape index (κ1) is 15.9. The fourth-order valence-electron chi connectivity index (χ4n) is 4.17. The molecule has 0 fully saturated rings. The van der Waals surface area contributed by atoms with E-state index in [9.17, 15) is 9.90 Å². The summed E-state index contributed by atoms with van der Waals surface area (Å²) >= 11 is 0. The third kappa shape index (κ3) is 2.63. The van der Waals surface area contributed by atoms with E-state index in [0.29, 0.717) is 18.2 Å². The summed E-state index contributed by atoms with van der Waals surface area (Å²) in [5.41, 5.74) is 5.15. The van der Waals surface area contributed by atoms with Crippen molar-refractivity contribution in [2.75, 3.05) is 7.05 Å². The molecule has 1 heterocycles. The lowest BCUT2D eigenvalue weighted by atomic mass is 9.91. The van der Waals surface area contributed by atoms with Gasteiger partial charge in [-0.3, -0.25) is 0 Å². The van der Waals surface area contributed by atoms with Crippen molar-refractivity contribution in [2.24, 2.45) is 0 Å². The molecule has 128 valence electrons. The molecule has 0 amide bonds. The second-order valence-corrected chi connectivity index (χ2v) is 6.66. The molecule has 4 rings (SSSR count). The van der Waals surface area contributed by atoms with Gasteiger partial charge in [0.15, 0.2) is 0 Å². The Morgan fingerprint density at radius 3 is 2.76 bits per heavy atom. The normalized spacial score (nSPS) is 16.8. The summed E-state index contributed by atoms with van der Waals surface area (Å²) in [6.07, 6.45) is 3.33. The predicted octanol–water partition coefficient (Wildman–Crippen LogP) is 3.98. The lowest BCUT2D eigenvalue weighted by Gasteiger charge is -2.24. The standard InChI is InChI=1S/C21H22N2O2/c1-22-17-10-6-12-19-20(17)16-9-4-5-11-18(16)23(19)13-14-7-2-3-8-15(14)21(24)25/h2-5,7-9,11,17,22H,6,10,12-13H2,1H3,(H,24,25). The molecular formula is C21H22N2O2. The van der Waals surface area contributed by atoms with Gasteiger partial charge in [0.1, 0.15) is 0 Å². The maximum absolute atomic E-state index is 11.6. The Kier molecular flexibility index (Phi) is 4.06. The zero-order valence-corrected chi connectivity index (χ0v) is 14.3. The van der Waals surface area contributed by atoms with Gasteiger partial charge in [-0.15, -0.1) is 0 Å². The molecule has 2 N–H and O–H groups in total. The molecule has 4 heteroatoms. The van der Waals surface area contributed by atoms with Gasteiger partial charge < -0.3 is 15.0 Å². The van der Waals surface area contributed by atoms with Crippen molar-refractivity contribution in [3.8, 4) is 0 Å². The summed E-state index contributed by atoms with van der Waals surface area (Å²) in [6, 6.07) is 16.1. The van der Waals surface area contributed by atoms with E-state index in [0.717, 1.165) is 24.8 Å². The van der Waals surface area contributed by atoms with Gasteiger partial charge in [0.05, 0.1) is 5.56 Å². The third-order valence-corrected chi connectivity index (χ3v) is 5.30. The minimum atomic E-state index is -0.867. The highest BCUT2D eigenvalue weighted by atomic mass is 16.4. The summed E-state index contributed by atoms with van der Waals surface area (Å²) in [4.78, 5) is 11.6. The van der Waals surface area contributed by atoms with Crippen molar-refractivity contribution < 1.29 is 9.90 Å². The number of aromatic carboxylic acids is 1. The number of carbonyl (C=O) groups is 1. The number of hydrogen-bond acceptors (Lipinski definition) is 2. The molecule has 0 aliphatic heterocycles. The summed E-state index contributed by atoms with van der Waals surface area (Å²) in [5.74, 6) is -0.867. The Hall–Kier alpha value is -2.59. The average molecular weight is 334 g/mol. The SMILES string of the molecule is CNC1CCCc2c1c1ccccc1n2Cc1ccccc1C(=O)O. The van der Waals surface area contributed by atoms with Gasteiger partial charge in [-0.2, -0.15) is 0 Å². The minimum Gasteiger partial charge on any atom is -0.478 e. The average Bonchev–Trinajstić information content (AvgIpc) is 2.96. The van der Waals surface area contributed by atoms with E-state index in [-0.39, 0.29) is 0 Å². The molecule has 0 spiro atoms. The Bertz CT molecular complexity index is 942. The smallest absolute Gasteiger partial charge is 0.336 e. The molecule has 3 aromatic rings. The van der Waals surface area contributed by atoms with Gasteiger partial charge in [0, 0.05) is 29.2 Å². The number of carboxylic acids is 1. The summed E-state index contributed by atoms with van der Waals surface area (Å²) in [5, 5.41) is 14.2. The van der Waals surface area contributed by atoms with Crippen LogP contribution in [0.1, 0.15) is 46.1 Å². The number of nitrogens with one attached hydrogen (secondary N) is 1. The number of nitrogens with zero attached hydrogens (tertiary/aromatic N) is 1. The largest absolute Gasteiger partial charge is 0.478 e. The number of benzene rings is 2. The van der Waals surface area contributed by atoms with E-state index in [1.54, 1.807) is 12.1 Å². The first-order valence-electron chi connectivity index (χ1n) is 8.79. The van der Waals surface area contributed by atoms with Crippen molar-refractivity contribution in [1.82, 2.24) is 9.88 Å². The van der Waals surface area contributed by atoms with Gasteiger partial charge in [-0.1, -0.05) is 36.4 Å². The van der Waals surface area contributed by atoms with Crippen LogP contribution in [0.4, 0.5) is 0 Å². The molecule has 1 unspecified atom stereocenters. The first-order chi connectivity index (χ1) is 12.2. The molecular weight excluding hydrogens is 312 g/mol. The van der Waals surface area contributed by atoms with Crippen LogP contribution in [-0.4, -0.2) is 22.7 Å². The van der Waals surface area contributed by atoms with Crippen LogP contribution in [0, 0.1) is 0 Å². The maximum Gasteiger partial charge on any atom is 0.336 e. The molecule has 0 radical (unpaired) electrons. The molecule has 0 saturated carbocycles. The highest BCUT2D eigenvalue weighted by Crippen LogP contribution is 2.38. The van der Waals surface area contributed by atoms with Crippen molar-refractivity contribution in [3.63, 3.8) is 0 Å². The van der Waals surface area contributed by atoms with Gasteiger partial charge in [0.2, 0.25) is 0 Å². The number of fused-ring (bicyclic) bond motifs is 3. The van der Waals surface area contributed by atoms with Gasteiger partial charge in [0.25, 0.3) is 0 Å². The van der Waals surface area contributed by atoms with Crippen LogP contribution >= 0.6 is 0 Å². The lowest BCUT2D eigenvalue weighted by Crippen LogP contribution is -2.22.